The van der Waals surface area contributed by atoms with Gasteiger partial charge in [0.05, 0.1) is 22.4 Å². The minimum atomic E-state index is 0.00580. The Kier molecular flexibility index (Phi) is 13.4. The van der Waals surface area contributed by atoms with Crippen LogP contribution < -0.4 is 4.90 Å². The fraction of sp³-hybridized carbons (Fsp3) is 0.238. The summed E-state index contributed by atoms with van der Waals surface area (Å²) >= 11 is 0. The van der Waals surface area contributed by atoms with Gasteiger partial charge < -0.3 is 9.47 Å². The molecule has 0 spiro atoms. The number of hydrogen-bond donors (Lipinski definition) is 0. The Morgan fingerprint density at radius 3 is 1.16 bits per heavy atom. The van der Waals surface area contributed by atoms with Crippen LogP contribution in [0.4, 0.5) is 17.1 Å². The van der Waals surface area contributed by atoms with Gasteiger partial charge in [-0.2, -0.15) is 0 Å². The predicted molar refractivity (Wildman–Crippen MR) is 374 cm³/mol. The molecule has 0 radical (unpaired) electrons. The highest BCUT2D eigenvalue weighted by molar-refractivity contribution is 6.27. The van der Waals surface area contributed by atoms with E-state index in [0.29, 0.717) is 0 Å². The number of nitrogens with zero attached hydrogens (tertiary/aromatic N) is 2. The van der Waals surface area contributed by atoms with E-state index in [1.54, 1.807) is 0 Å². The molecule has 1 heterocycles. The molecule has 0 aliphatic heterocycles. The van der Waals surface area contributed by atoms with Gasteiger partial charge in [0.25, 0.3) is 0 Å². The van der Waals surface area contributed by atoms with Crippen LogP contribution in [0.5, 0.6) is 0 Å². The summed E-state index contributed by atoms with van der Waals surface area (Å²) in [6.45, 7) is 34.5. The maximum absolute atomic E-state index is 2.55. The van der Waals surface area contributed by atoms with Crippen molar-refractivity contribution >= 4 is 71.2 Å². The minimum absolute atomic E-state index is 0.00580. The lowest BCUT2D eigenvalue weighted by Crippen LogP contribution is -2.12. The van der Waals surface area contributed by atoms with Gasteiger partial charge in [-0.1, -0.05) is 262 Å². The number of anilines is 3. The van der Waals surface area contributed by atoms with Gasteiger partial charge in [0, 0.05) is 32.9 Å². The topological polar surface area (TPSA) is 8.17 Å². The molecule has 0 saturated heterocycles. The summed E-state index contributed by atoms with van der Waals surface area (Å²) in [4.78, 5) is 2.55. The van der Waals surface area contributed by atoms with E-state index < -0.39 is 0 Å². The Morgan fingerprint density at radius 1 is 0.267 bits per heavy atom. The summed E-state index contributed by atoms with van der Waals surface area (Å²) in [6, 6.07) is 86.4. The first-order chi connectivity index (χ1) is 40.8. The van der Waals surface area contributed by atoms with E-state index in [2.05, 4.69) is 338 Å². The lowest BCUT2D eigenvalue weighted by atomic mass is 9.85. The molecule has 2 heteroatoms. The van der Waals surface area contributed by atoms with Crippen molar-refractivity contribution in [3.63, 3.8) is 0 Å². The standard InChI is InChI=1S/C84H82N2/c1-80(2,3)61-33-23-53(24-34-61)59-47-60(54-25-35-62(36-26-54)81(4,5)6)50-67(49-59)85(66-20-18-19-58(48-66)69-22-17-16-21-68(69)55-27-37-63(38-28-55)82(7,8)9)74-43-31-56-30-42-71-75(44-32-57-29-41-70(74)78(56)79(57)71)86-76-45-39-64(83(10,11)12)51-72(76)73-52-65(84(13,14)15)40-46-77(73)86/h16-52H,1-15H3. The molecule has 0 amide bonds. The average Bonchev–Trinajstić information content (AvgIpc) is 2.03. The van der Waals surface area contributed by atoms with E-state index in [-0.39, 0.29) is 27.1 Å². The summed E-state index contributed by atoms with van der Waals surface area (Å²) in [5, 5.41) is 10.0. The van der Waals surface area contributed by atoms with Crippen LogP contribution in [0.2, 0.25) is 0 Å². The van der Waals surface area contributed by atoms with Crippen molar-refractivity contribution in [3.8, 4) is 50.2 Å². The van der Waals surface area contributed by atoms with Gasteiger partial charge in [0.1, 0.15) is 0 Å². The zero-order valence-electron chi connectivity index (χ0n) is 53.3. The summed E-state index contributed by atoms with van der Waals surface area (Å²) in [5.74, 6) is 0. The summed E-state index contributed by atoms with van der Waals surface area (Å²) < 4.78 is 2.54. The molecule has 12 aromatic carbocycles. The maximum atomic E-state index is 2.55. The highest BCUT2D eigenvalue weighted by atomic mass is 15.1. The third-order valence-corrected chi connectivity index (χ3v) is 18.3. The highest BCUT2D eigenvalue weighted by Gasteiger charge is 2.26. The minimum Gasteiger partial charge on any atom is -0.310 e. The Balaban J connectivity index is 1.07. The molecule has 1 aromatic heterocycles. The van der Waals surface area contributed by atoms with Crippen molar-refractivity contribution in [1.82, 2.24) is 4.57 Å². The van der Waals surface area contributed by atoms with Crippen molar-refractivity contribution in [2.45, 2.75) is 131 Å². The summed E-state index contributed by atoms with van der Waals surface area (Å²) in [6.07, 6.45) is 0. The van der Waals surface area contributed by atoms with Crippen LogP contribution in [0.25, 0.3) is 104 Å². The monoisotopic (exact) mass is 1120 g/mol. The zero-order chi connectivity index (χ0) is 60.4. The molecule has 0 atom stereocenters. The number of benzene rings is 12. The first kappa shape index (κ1) is 56.4. The third-order valence-electron chi connectivity index (χ3n) is 18.3. The second-order valence-corrected chi connectivity index (χ2v) is 29.6. The SMILES string of the molecule is CC(C)(C)c1ccc(-c2cc(-c3ccc(C(C)(C)C)cc3)cc(N(c3cccc(-c4ccccc4-c4ccc(C(C)(C)C)cc4)c3)c3ccc4ccc5c(-n6c7ccc(C(C)(C)C)cc7c7cc(C(C)(C)C)ccc76)ccc6ccc3c4c65)c2)cc1. The van der Waals surface area contributed by atoms with Crippen LogP contribution in [0.3, 0.4) is 0 Å². The third kappa shape index (κ3) is 10.2. The fourth-order valence-electron chi connectivity index (χ4n) is 13.2. The lowest BCUT2D eigenvalue weighted by Gasteiger charge is -2.29. The van der Waals surface area contributed by atoms with E-state index in [4.69, 9.17) is 0 Å². The molecule has 0 aliphatic carbocycles. The molecular weight excluding hydrogens is 1040 g/mol. The van der Waals surface area contributed by atoms with Crippen LogP contribution in [0, 0.1) is 0 Å². The summed E-state index contributed by atoms with van der Waals surface area (Å²) in [5.41, 5.74) is 23.2. The van der Waals surface area contributed by atoms with Crippen LogP contribution in [0.1, 0.15) is 132 Å². The van der Waals surface area contributed by atoms with E-state index in [1.807, 2.05) is 0 Å². The zero-order valence-corrected chi connectivity index (χ0v) is 53.3. The molecule has 0 unspecified atom stereocenters. The van der Waals surface area contributed by atoms with Crippen molar-refractivity contribution in [1.29, 1.82) is 0 Å². The van der Waals surface area contributed by atoms with Crippen molar-refractivity contribution in [2.75, 3.05) is 4.90 Å². The van der Waals surface area contributed by atoms with Crippen LogP contribution in [0.15, 0.2) is 224 Å². The number of fused-ring (bicyclic) bond motifs is 3. The molecule has 0 saturated carbocycles. The Bertz CT molecular complexity index is 4570. The fourth-order valence-corrected chi connectivity index (χ4v) is 13.2. The first-order valence-electron chi connectivity index (χ1n) is 31.1. The smallest absolute Gasteiger partial charge is 0.0541 e. The molecule has 0 bridgehead atoms. The van der Waals surface area contributed by atoms with Gasteiger partial charge >= 0.3 is 0 Å². The van der Waals surface area contributed by atoms with Gasteiger partial charge in [-0.3, -0.25) is 0 Å². The largest absolute Gasteiger partial charge is 0.310 e. The normalized spacial score (nSPS) is 12.8. The van der Waals surface area contributed by atoms with Crippen molar-refractivity contribution in [2.24, 2.45) is 0 Å². The molecule has 13 aromatic rings. The van der Waals surface area contributed by atoms with E-state index in [1.165, 1.54) is 127 Å². The number of rotatable bonds is 8. The highest BCUT2D eigenvalue weighted by Crippen LogP contribution is 2.49. The van der Waals surface area contributed by atoms with Crippen LogP contribution in [-0.2, 0) is 27.1 Å². The van der Waals surface area contributed by atoms with Gasteiger partial charge in [-0.15, -0.1) is 0 Å². The van der Waals surface area contributed by atoms with E-state index in [9.17, 15) is 0 Å². The lowest BCUT2D eigenvalue weighted by molar-refractivity contribution is 0.590. The van der Waals surface area contributed by atoms with Crippen molar-refractivity contribution < 1.29 is 0 Å². The first-order valence-corrected chi connectivity index (χ1v) is 31.1. The van der Waals surface area contributed by atoms with Crippen LogP contribution in [-0.4, -0.2) is 4.57 Å². The maximum Gasteiger partial charge on any atom is 0.0541 e. The van der Waals surface area contributed by atoms with E-state index in [0.717, 1.165) is 22.6 Å². The molecule has 86 heavy (non-hydrogen) atoms. The van der Waals surface area contributed by atoms with Crippen molar-refractivity contribution in [3.05, 3.63) is 252 Å². The average molecular weight is 1120 g/mol. The molecule has 428 valence electrons. The predicted octanol–water partition coefficient (Wildman–Crippen LogP) is 24.3. The second-order valence-electron chi connectivity index (χ2n) is 29.6. The van der Waals surface area contributed by atoms with Gasteiger partial charge in [-0.25, -0.2) is 0 Å². The second kappa shape index (κ2) is 20.5. The van der Waals surface area contributed by atoms with Gasteiger partial charge in [-0.05, 0) is 188 Å². The Morgan fingerprint density at radius 2 is 0.674 bits per heavy atom. The number of hydrogen-bond acceptors (Lipinski definition) is 1. The molecule has 13 rings (SSSR count). The molecule has 0 aliphatic rings. The molecule has 0 N–H and O–H groups in total. The molecular formula is C84H82N2. The quantitative estimate of drug-likeness (QED) is 0.138. The molecule has 2 nitrogen and oxygen atoms in total. The number of aromatic nitrogens is 1. The Hall–Kier alpha value is -8.72. The van der Waals surface area contributed by atoms with E-state index >= 15 is 0 Å². The molecule has 0 fully saturated rings. The van der Waals surface area contributed by atoms with Gasteiger partial charge in [0.15, 0.2) is 0 Å². The van der Waals surface area contributed by atoms with Crippen LogP contribution >= 0.6 is 0 Å². The Labute approximate surface area is 511 Å². The summed E-state index contributed by atoms with van der Waals surface area (Å²) in [7, 11) is 0. The van der Waals surface area contributed by atoms with Gasteiger partial charge in [0.2, 0.25) is 0 Å².